The molecule has 1 aliphatic carbocycles. The van der Waals surface area contributed by atoms with E-state index in [2.05, 4.69) is 40.3 Å². The molecule has 1 saturated carbocycles. The number of methoxy groups -OCH3 is 1. The molecule has 0 saturated heterocycles. The van der Waals surface area contributed by atoms with Crippen LogP contribution in [0, 0.1) is 6.92 Å². The van der Waals surface area contributed by atoms with Crippen molar-refractivity contribution in [3.05, 3.63) is 39.4 Å². The smallest absolute Gasteiger partial charge is 0.405 e. The monoisotopic (exact) mass is 353 g/mol. The number of halogens is 1. The van der Waals surface area contributed by atoms with Crippen LogP contribution in [0.4, 0.5) is 4.79 Å². The fraction of sp³-hybridized carbons (Fsp3) is 0.438. The zero-order valence-electron chi connectivity index (χ0n) is 12.3. The van der Waals surface area contributed by atoms with E-state index in [0.29, 0.717) is 6.61 Å². The van der Waals surface area contributed by atoms with E-state index in [1.165, 1.54) is 5.56 Å². The fourth-order valence-corrected chi connectivity index (χ4v) is 2.94. The fourth-order valence-electron chi connectivity index (χ4n) is 2.42. The molecule has 2 rings (SSSR count). The molecule has 1 fully saturated rings. The van der Waals surface area contributed by atoms with E-state index in [1.54, 1.807) is 7.11 Å². The van der Waals surface area contributed by atoms with Crippen molar-refractivity contribution in [1.82, 2.24) is 5.32 Å². The molecule has 1 aromatic carbocycles. The highest BCUT2D eigenvalue weighted by Gasteiger charge is 2.44. The first-order chi connectivity index (χ1) is 9.96. The van der Waals surface area contributed by atoms with Crippen LogP contribution in [-0.2, 0) is 11.2 Å². The van der Waals surface area contributed by atoms with Crippen LogP contribution in [0.2, 0.25) is 0 Å². The SMILES string of the molecule is COCC=Cc1cc(CC2(NC(=O)O)CC2)cc(Br)c1C. The van der Waals surface area contributed by atoms with Gasteiger partial charge in [0.1, 0.15) is 0 Å². The molecule has 0 radical (unpaired) electrons. The van der Waals surface area contributed by atoms with E-state index < -0.39 is 6.09 Å². The molecule has 114 valence electrons. The summed E-state index contributed by atoms with van der Waals surface area (Å²) in [7, 11) is 1.66. The zero-order valence-corrected chi connectivity index (χ0v) is 13.9. The maximum absolute atomic E-state index is 10.9. The lowest BCUT2D eigenvalue weighted by molar-refractivity contribution is 0.188. The molecular weight excluding hydrogens is 334 g/mol. The maximum atomic E-state index is 10.9. The summed E-state index contributed by atoms with van der Waals surface area (Å²) in [5, 5.41) is 11.6. The van der Waals surface area contributed by atoms with E-state index in [0.717, 1.165) is 34.9 Å². The Labute approximate surface area is 133 Å². The maximum Gasteiger partial charge on any atom is 0.405 e. The minimum absolute atomic E-state index is 0.270. The molecule has 0 aromatic heterocycles. The highest BCUT2D eigenvalue weighted by atomic mass is 79.9. The van der Waals surface area contributed by atoms with Crippen molar-refractivity contribution in [3.63, 3.8) is 0 Å². The van der Waals surface area contributed by atoms with E-state index in [4.69, 9.17) is 9.84 Å². The molecule has 5 heteroatoms. The number of ether oxygens (including phenoxy) is 1. The zero-order chi connectivity index (χ0) is 15.5. The van der Waals surface area contributed by atoms with Crippen molar-refractivity contribution in [2.45, 2.75) is 31.7 Å². The van der Waals surface area contributed by atoms with Gasteiger partial charge in [-0.1, -0.05) is 34.1 Å². The molecule has 2 N–H and O–H groups in total. The van der Waals surface area contributed by atoms with E-state index in [1.807, 2.05) is 12.2 Å². The Bertz CT molecular complexity index is 565. The Hall–Kier alpha value is -1.33. The second-order valence-electron chi connectivity index (χ2n) is 5.54. The van der Waals surface area contributed by atoms with Crippen LogP contribution in [-0.4, -0.2) is 30.5 Å². The summed E-state index contributed by atoms with van der Waals surface area (Å²) in [5.41, 5.74) is 3.16. The van der Waals surface area contributed by atoms with Gasteiger partial charge >= 0.3 is 6.09 Å². The van der Waals surface area contributed by atoms with Crippen LogP contribution in [0.3, 0.4) is 0 Å². The van der Waals surface area contributed by atoms with Crippen LogP contribution in [0.5, 0.6) is 0 Å². The van der Waals surface area contributed by atoms with Crippen molar-refractivity contribution >= 4 is 28.1 Å². The molecule has 0 spiro atoms. The largest absolute Gasteiger partial charge is 0.465 e. The number of hydrogen-bond donors (Lipinski definition) is 2. The average molecular weight is 354 g/mol. The Morgan fingerprint density at radius 3 is 2.81 bits per heavy atom. The highest BCUT2D eigenvalue weighted by molar-refractivity contribution is 9.10. The first kappa shape index (κ1) is 16.0. The molecule has 0 heterocycles. The number of nitrogens with one attached hydrogen (secondary N) is 1. The summed E-state index contributed by atoms with van der Waals surface area (Å²) >= 11 is 3.58. The van der Waals surface area contributed by atoms with E-state index in [-0.39, 0.29) is 5.54 Å². The lowest BCUT2D eigenvalue weighted by atomic mass is 9.98. The van der Waals surface area contributed by atoms with Crippen molar-refractivity contribution in [3.8, 4) is 0 Å². The van der Waals surface area contributed by atoms with Crippen molar-refractivity contribution < 1.29 is 14.6 Å². The molecule has 4 nitrogen and oxygen atoms in total. The molecule has 1 aliphatic rings. The molecule has 0 unspecified atom stereocenters. The van der Waals surface area contributed by atoms with Crippen LogP contribution in [0.1, 0.15) is 29.5 Å². The third-order valence-electron chi connectivity index (χ3n) is 3.77. The summed E-state index contributed by atoms with van der Waals surface area (Å²) in [6.07, 6.45) is 5.60. The molecular formula is C16H20BrNO3. The number of carboxylic acid groups (broad SMARTS) is 1. The molecule has 0 atom stereocenters. The van der Waals surface area contributed by atoms with Crippen molar-refractivity contribution in [2.24, 2.45) is 0 Å². The number of rotatable bonds is 6. The number of carbonyl (C=O) groups is 1. The van der Waals surface area contributed by atoms with Crippen LogP contribution in [0.25, 0.3) is 6.08 Å². The van der Waals surface area contributed by atoms with Gasteiger partial charge in [0, 0.05) is 17.1 Å². The quantitative estimate of drug-likeness (QED) is 0.818. The summed E-state index contributed by atoms with van der Waals surface area (Å²) in [6.45, 7) is 2.63. The number of benzene rings is 1. The summed E-state index contributed by atoms with van der Waals surface area (Å²) in [4.78, 5) is 10.9. The topological polar surface area (TPSA) is 58.6 Å². The van der Waals surface area contributed by atoms with Gasteiger partial charge in [-0.15, -0.1) is 0 Å². The Kier molecular flexibility index (Phi) is 5.06. The number of hydrogen-bond acceptors (Lipinski definition) is 2. The average Bonchev–Trinajstić information content (AvgIpc) is 3.13. The highest BCUT2D eigenvalue weighted by Crippen LogP contribution is 2.39. The molecule has 21 heavy (non-hydrogen) atoms. The Morgan fingerprint density at radius 1 is 1.52 bits per heavy atom. The molecule has 1 aromatic rings. The molecule has 1 amide bonds. The first-order valence-corrected chi connectivity index (χ1v) is 7.71. The van der Waals surface area contributed by atoms with Crippen LogP contribution < -0.4 is 5.32 Å². The van der Waals surface area contributed by atoms with Gasteiger partial charge in [-0.05, 0) is 48.9 Å². The normalized spacial score (nSPS) is 16.1. The molecule has 0 bridgehead atoms. The summed E-state index contributed by atoms with van der Waals surface area (Å²) in [5.74, 6) is 0. The lowest BCUT2D eigenvalue weighted by Crippen LogP contribution is -2.37. The van der Waals surface area contributed by atoms with Gasteiger partial charge in [0.25, 0.3) is 0 Å². The van der Waals surface area contributed by atoms with Gasteiger partial charge in [-0.3, -0.25) is 0 Å². The van der Waals surface area contributed by atoms with Gasteiger partial charge in [0.15, 0.2) is 0 Å². The lowest BCUT2D eigenvalue weighted by Gasteiger charge is -2.16. The predicted molar refractivity (Wildman–Crippen MR) is 86.6 cm³/mol. The molecule has 0 aliphatic heterocycles. The van der Waals surface area contributed by atoms with E-state index in [9.17, 15) is 4.79 Å². The van der Waals surface area contributed by atoms with Gasteiger partial charge in [-0.2, -0.15) is 0 Å². The summed E-state index contributed by atoms with van der Waals surface area (Å²) < 4.78 is 6.07. The summed E-state index contributed by atoms with van der Waals surface area (Å²) in [6, 6.07) is 4.20. The Morgan fingerprint density at radius 2 is 2.24 bits per heavy atom. The standard InChI is InChI=1S/C16H20BrNO3/c1-11-13(4-3-7-21-2)8-12(9-14(11)17)10-16(5-6-16)18-15(19)20/h3-4,8-9,18H,5-7,10H2,1-2H3,(H,19,20). The minimum atomic E-state index is -0.945. The van der Waals surface area contributed by atoms with Crippen molar-refractivity contribution in [2.75, 3.05) is 13.7 Å². The van der Waals surface area contributed by atoms with Gasteiger partial charge in [0.2, 0.25) is 0 Å². The van der Waals surface area contributed by atoms with Crippen LogP contribution in [0.15, 0.2) is 22.7 Å². The first-order valence-electron chi connectivity index (χ1n) is 6.91. The number of amides is 1. The third kappa shape index (κ3) is 4.32. The van der Waals surface area contributed by atoms with Gasteiger partial charge < -0.3 is 15.2 Å². The second kappa shape index (κ2) is 6.62. The Balaban J connectivity index is 2.19. The van der Waals surface area contributed by atoms with Gasteiger partial charge in [0.05, 0.1) is 6.61 Å². The van der Waals surface area contributed by atoms with Crippen LogP contribution >= 0.6 is 15.9 Å². The third-order valence-corrected chi connectivity index (χ3v) is 4.60. The van der Waals surface area contributed by atoms with Gasteiger partial charge in [-0.25, -0.2) is 4.79 Å². The predicted octanol–water partition coefficient (Wildman–Crippen LogP) is 3.76. The van der Waals surface area contributed by atoms with Crippen molar-refractivity contribution in [1.29, 1.82) is 0 Å². The second-order valence-corrected chi connectivity index (χ2v) is 6.39. The minimum Gasteiger partial charge on any atom is -0.465 e. The van der Waals surface area contributed by atoms with E-state index >= 15 is 0 Å².